The number of methoxy groups -OCH3 is 1. The van der Waals surface area contributed by atoms with Gasteiger partial charge in [-0.05, 0) is 42.7 Å². The van der Waals surface area contributed by atoms with Crippen molar-refractivity contribution in [3.05, 3.63) is 42.0 Å². The lowest BCUT2D eigenvalue weighted by Crippen LogP contribution is -2.52. The van der Waals surface area contributed by atoms with Crippen LogP contribution in [0, 0.1) is 17.2 Å². The second kappa shape index (κ2) is 8.09. The smallest absolute Gasteiger partial charge is 0.342 e. The SMILES string of the molecule is COc1cc2ccccc2cc1C(=O)O[C@@H](C)C(=O)N[C@](C)(C#N)C(C)C. The van der Waals surface area contributed by atoms with E-state index in [9.17, 15) is 14.9 Å². The molecule has 0 radical (unpaired) electrons. The van der Waals surface area contributed by atoms with Crippen LogP contribution < -0.4 is 10.1 Å². The Hall–Kier alpha value is -3.07. The number of carbonyl (C=O) groups is 2. The molecule has 0 aliphatic heterocycles. The quantitative estimate of drug-likeness (QED) is 0.789. The molecule has 27 heavy (non-hydrogen) atoms. The third-order valence-corrected chi connectivity index (χ3v) is 4.71. The summed E-state index contributed by atoms with van der Waals surface area (Å²) in [6.07, 6.45) is -1.06. The van der Waals surface area contributed by atoms with Crippen LogP contribution in [-0.2, 0) is 9.53 Å². The third-order valence-electron chi connectivity index (χ3n) is 4.71. The first-order chi connectivity index (χ1) is 12.7. The minimum Gasteiger partial charge on any atom is -0.496 e. The predicted molar refractivity (Wildman–Crippen MR) is 102 cm³/mol. The average molecular weight is 368 g/mol. The van der Waals surface area contributed by atoms with Crippen LogP contribution in [-0.4, -0.2) is 30.6 Å². The number of benzene rings is 2. The van der Waals surface area contributed by atoms with E-state index in [4.69, 9.17) is 9.47 Å². The van der Waals surface area contributed by atoms with E-state index < -0.39 is 23.5 Å². The van der Waals surface area contributed by atoms with Crippen LogP contribution in [0.1, 0.15) is 38.1 Å². The second-order valence-electron chi connectivity index (χ2n) is 6.91. The number of amides is 1. The Balaban J connectivity index is 2.20. The summed E-state index contributed by atoms with van der Waals surface area (Å²) in [5, 5.41) is 13.8. The Bertz CT molecular complexity index is 901. The van der Waals surface area contributed by atoms with E-state index in [1.807, 2.05) is 38.1 Å². The Morgan fingerprint density at radius 3 is 2.26 bits per heavy atom. The van der Waals surface area contributed by atoms with Gasteiger partial charge < -0.3 is 14.8 Å². The van der Waals surface area contributed by atoms with E-state index in [1.54, 1.807) is 19.1 Å². The van der Waals surface area contributed by atoms with Crippen molar-refractivity contribution in [2.45, 2.75) is 39.3 Å². The van der Waals surface area contributed by atoms with Gasteiger partial charge >= 0.3 is 5.97 Å². The molecule has 142 valence electrons. The Labute approximate surface area is 159 Å². The van der Waals surface area contributed by atoms with E-state index >= 15 is 0 Å². The van der Waals surface area contributed by atoms with Crippen molar-refractivity contribution in [2.24, 2.45) is 5.92 Å². The van der Waals surface area contributed by atoms with Gasteiger partial charge in [-0.1, -0.05) is 38.1 Å². The number of nitriles is 1. The number of carbonyl (C=O) groups excluding carboxylic acids is 2. The molecule has 0 fully saturated rings. The number of nitrogens with zero attached hydrogens (tertiary/aromatic N) is 1. The molecule has 2 atom stereocenters. The summed E-state index contributed by atoms with van der Waals surface area (Å²) in [7, 11) is 1.47. The minimum absolute atomic E-state index is 0.102. The fourth-order valence-electron chi connectivity index (χ4n) is 2.48. The van der Waals surface area contributed by atoms with Crippen molar-refractivity contribution < 1.29 is 19.1 Å². The maximum atomic E-state index is 12.6. The van der Waals surface area contributed by atoms with Crippen LogP contribution in [0.2, 0.25) is 0 Å². The van der Waals surface area contributed by atoms with Crippen LogP contribution in [0.4, 0.5) is 0 Å². The summed E-state index contributed by atoms with van der Waals surface area (Å²) < 4.78 is 10.6. The molecule has 0 aliphatic rings. The Morgan fingerprint density at radius 2 is 1.74 bits per heavy atom. The van der Waals surface area contributed by atoms with Crippen molar-refractivity contribution in [1.82, 2.24) is 5.32 Å². The zero-order valence-corrected chi connectivity index (χ0v) is 16.2. The molecular weight excluding hydrogens is 344 g/mol. The van der Waals surface area contributed by atoms with E-state index in [0.29, 0.717) is 5.75 Å². The van der Waals surface area contributed by atoms with Gasteiger partial charge in [-0.25, -0.2) is 4.79 Å². The minimum atomic E-state index is -1.06. The number of hydrogen-bond donors (Lipinski definition) is 1. The highest BCUT2D eigenvalue weighted by Crippen LogP contribution is 2.27. The van der Waals surface area contributed by atoms with E-state index in [1.165, 1.54) is 14.0 Å². The maximum Gasteiger partial charge on any atom is 0.342 e. The molecule has 1 N–H and O–H groups in total. The van der Waals surface area contributed by atoms with E-state index in [0.717, 1.165) is 10.8 Å². The van der Waals surface area contributed by atoms with Crippen molar-refractivity contribution in [2.75, 3.05) is 7.11 Å². The molecule has 0 bridgehead atoms. The molecule has 0 saturated carbocycles. The number of ether oxygens (including phenoxy) is 2. The van der Waals surface area contributed by atoms with Gasteiger partial charge in [0.15, 0.2) is 6.10 Å². The number of esters is 1. The standard InChI is InChI=1S/C21H24N2O4/c1-13(2)21(4,12-22)23-19(24)14(3)27-20(25)17-10-15-8-6-7-9-16(15)11-18(17)26-5/h6-11,13-14H,1-5H3,(H,23,24)/t14-,21+/m0/s1. The van der Waals surface area contributed by atoms with Gasteiger partial charge in [-0.15, -0.1) is 0 Å². The van der Waals surface area contributed by atoms with Gasteiger partial charge in [0.1, 0.15) is 16.9 Å². The second-order valence-corrected chi connectivity index (χ2v) is 6.91. The van der Waals surface area contributed by atoms with Crippen molar-refractivity contribution in [1.29, 1.82) is 5.26 Å². The molecule has 6 heteroatoms. The lowest BCUT2D eigenvalue weighted by Gasteiger charge is -2.28. The van der Waals surface area contributed by atoms with Gasteiger partial charge in [0.05, 0.1) is 13.2 Å². The predicted octanol–water partition coefficient (Wildman–Crippen LogP) is 3.45. The summed E-state index contributed by atoms with van der Waals surface area (Å²) in [6.45, 7) is 6.77. The van der Waals surface area contributed by atoms with Crippen LogP contribution >= 0.6 is 0 Å². The molecule has 0 saturated heterocycles. The Morgan fingerprint density at radius 1 is 1.15 bits per heavy atom. The average Bonchev–Trinajstić information content (AvgIpc) is 2.66. The third kappa shape index (κ3) is 4.37. The van der Waals surface area contributed by atoms with Crippen molar-refractivity contribution in [3.8, 4) is 11.8 Å². The fraction of sp³-hybridized carbons (Fsp3) is 0.381. The highest BCUT2D eigenvalue weighted by molar-refractivity contribution is 5.99. The summed E-state index contributed by atoms with van der Waals surface area (Å²) in [6, 6.07) is 13.1. The van der Waals surface area contributed by atoms with E-state index in [2.05, 4.69) is 11.4 Å². The highest BCUT2D eigenvalue weighted by Gasteiger charge is 2.33. The number of nitrogens with one attached hydrogen (secondary N) is 1. The largest absolute Gasteiger partial charge is 0.496 e. The molecule has 0 aliphatic carbocycles. The van der Waals surface area contributed by atoms with E-state index in [-0.39, 0.29) is 11.5 Å². The summed E-state index contributed by atoms with van der Waals surface area (Å²) in [5.74, 6) is -0.922. The van der Waals surface area contributed by atoms with Gasteiger partial charge in [0.2, 0.25) is 0 Å². The Kier molecular flexibility index (Phi) is 6.06. The topological polar surface area (TPSA) is 88.4 Å². The first-order valence-electron chi connectivity index (χ1n) is 8.73. The maximum absolute atomic E-state index is 12.6. The zero-order valence-electron chi connectivity index (χ0n) is 16.2. The zero-order chi connectivity index (χ0) is 20.2. The first kappa shape index (κ1) is 20.2. The van der Waals surface area contributed by atoms with Crippen LogP contribution in [0.15, 0.2) is 36.4 Å². The molecule has 0 unspecified atom stereocenters. The molecule has 0 spiro atoms. The van der Waals surface area contributed by atoms with Crippen LogP contribution in [0.3, 0.4) is 0 Å². The summed E-state index contributed by atoms with van der Waals surface area (Å²) in [5.41, 5.74) is -0.805. The fourth-order valence-corrected chi connectivity index (χ4v) is 2.48. The number of fused-ring (bicyclic) bond motifs is 1. The van der Waals surface area contributed by atoms with Gasteiger partial charge in [0, 0.05) is 0 Å². The normalized spacial score (nSPS) is 14.1. The number of rotatable bonds is 6. The monoisotopic (exact) mass is 368 g/mol. The molecule has 0 aromatic heterocycles. The molecular formula is C21H24N2O4. The lowest BCUT2D eigenvalue weighted by molar-refractivity contribution is -0.130. The van der Waals surface area contributed by atoms with Crippen molar-refractivity contribution >= 4 is 22.6 Å². The summed E-state index contributed by atoms with van der Waals surface area (Å²) >= 11 is 0. The lowest BCUT2D eigenvalue weighted by atomic mass is 9.90. The molecule has 1 amide bonds. The first-order valence-corrected chi connectivity index (χ1v) is 8.73. The van der Waals surface area contributed by atoms with Crippen LogP contribution in [0.5, 0.6) is 5.75 Å². The van der Waals surface area contributed by atoms with Gasteiger partial charge in [-0.2, -0.15) is 5.26 Å². The van der Waals surface area contributed by atoms with Crippen LogP contribution in [0.25, 0.3) is 10.8 Å². The molecule has 2 rings (SSSR count). The highest BCUT2D eigenvalue weighted by atomic mass is 16.5. The van der Waals surface area contributed by atoms with Crippen molar-refractivity contribution in [3.63, 3.8) is 0 Å². The number of hydrogen-bond acceptors (Lipinski definition) is 5. The molecule has 0 heterocycles. The molecule has 2 aromatic rings. The summed E-state index contributed by atoms with van der Waals surface area (Å²) in [4.78, 5) is 25.0. The van der Waals surface area contributed by atoms with Gasteiger partial charge in [-0.3, -0.25) is 4.79 Å². The van der Waals surface area contributed by atoms with Gasteiger partial charge in [0.25, 0.3) is 5.91 Å². The molecule has 2 aromatic carbocycles. The molecule has 6 nitrogen and oxygen atoms in total.